The van der Waals surface area contributed by atoms with Crippen molar-refractivity contribution in [2.24, 2.45) is 0 Å². The van der Waals surface area contributed by atoms with Gasteiger partial charge in [0.05, 0.1) is 0 Å². The summed E-state index contributed by atoms with van der Waals surface area (Å²) in [5, 5.41) is 3.26. The fraction of sp³-hybridized carbons (Fsp3) is 1.00. The standard InChI is InChI=1S/C6H17NSi/c1-5(2)8-6(3)7-4/h5-7H,8H2,1-4H3. The quantitative estimate of drug-likeness (QED) is 0.552. The van der Waals surface area contributed by atoms with Crippen LogP contribution in [0.2, 0.25) is 5.54 Å². The molecule has 0 aliphatic carbocycles. The van der Waals surface area contributed by atoms with E-state index < -0.39 is 0 Å². The van der Waals surface area contributed by atoms with Crippen LogP contribution >= 0.6 is 0 Å². The molecule has 0 aromatic rings. The summed E-state index contributed by atoms with van der Waals surface area (Å²) in [6.45, 7) is 6.88. The summed E-state index contributed by atoms with van der Waals surface area (Å²) in [4.78, 5) is 0. The second kappa shape index (κ2) is 4.10. The zero-order valence-electron chi connectivity index (χ0n) is 6.36. The summed E-state index contributed by atoms with van der Waals surface area (Å²) in [5.41, 5.74) is 1.77. The molecule has 0 saturated heterocycles. The van der Waals surface area contributed by atoms with E-state index in [1.807, 2.05) is 7.05 Å². The molecule has 50 valence electrons. The van der Waals surface area contributed by atoms with Crippen LogP contribution in [0.5, 0.6) is 0 Å². The normalized spacial score (nSPS) is 16.1. The minimum atomic E-state index is 0.159. The highest BCUT2D eigenvalue weighted by Gasteiger charge is 2.00. The van der Waals surface area contributed by atoms with Gasteiger partial charge >= 0.3 is 0 Å². The van der Waals surface area contributed by atoms with Gasteiger partial charge in [-0.05, 0) is 12.7 Å². The molecule has 8 heavy (non-hydrogen) atoms. The first-order chi connectivity index (χ1) is 3.66. The molecule has 0 spiro atoms. The van der Waals surface area contributed by atoms with Gasteiger partial charge in [0.1, 0.15) is 0 Å². The molecule has 0 rings (SSSR count). The maximum Gasteiger partial charge on any atom is 0.0426 e. The van der Waals surface area contributed by atoms with Crippen molar-refractivity contribution in [2.45, 2.75) is 32.0 Å². The average Bonchev–Trinajstić information content (AvgIpc) is 1.65. The SMILES string of the molecule is CNC(C)[SiH2]C(C)C. The van der Waals surface area contributed by atoms with Gasteiger partial charge in [0.15, 0.2) is 0 Å². The molecule has 0 amide bonds. The van der Waals surface area contributed by atoms with Crippen LogP contribution in [-0.4, -0.2) is 22.2 Å². The van der Waals surface area contributed by atoms with Crippen LogP contribution in [0.25, 0.3) is 0 Å². The lowest BCUT2D eigenvalue weighted by molar-refractivity contribution is 0.771. The zero-order valence-corrected chi connectivity index (χ0v) is 7.78. The van der Waals surface area contributed by atoms with E-state index in [1.54, 1.807) is 0 Å². The lowest BCUT2D eigenvalue weighted by Gasteiger charge is -2.10. The largest absolute Gasteiger partial charge is 0.320 e. The van der Waals surface area contributed by atoms with E-state index in [0.717, 1.165) is 11.2 Å². The van der Waals surface area contributed by atoms with Crippen LogP contribution in [0.15, 0.2) is 0 Å². The van der Waals surface area contributed by atoms with E-state index in [9.17, 15) is 0 Å². The fourth-order valence-electron chi connectivity index (χ4n) is 0.825. The number of nitrogens with one attached hydrogen (secondary N) is 1. The molecule has 0 aromatic carbocycles. The van der Waals surface area contributed by atoms with Gasteiger partial charge in [0, 0.05) is 9.52 Å². The maximum atomic E-state index is 3.26. The van der Waals surface area contributed by atoms with Crippen molar-refractivity contribution in [2.75, 3.05) is 7.05 Å². The van der Waals surface area contributed by atoms with Crippen molar-refractivity contribution in [3.05, 3.63) is 0 Å². The van der Waals surface area contributed by atoms with Crippen LogP contribution < -0.4 is 5.32 Å². The van der Waals surface area contributed by atoms with E-state index in [0.29, 0.717) is 0 Å². The Labute approximate surface area is 54.7 Å². The van der Waals surface area contributed by atoms with Crippen molar-refractivity contribution in [3.63, 3.8) is 0 Å². The third kappa shape index (κ3) is 4.34. The van der Waals surface area contributed by atoms with Gasteiger partial charge < -0.3 is 5.32 Å². The Morgan fingerprint density at radius 3 is 1.88 bits per heavy atom. The minimum absolute atomic E-state index is 0.159. The van der Waals surface area contributed by atoms with Gasteiger partial charge in [0.25, 0.3) is 0 Å². The van der Waals surface area contributed by atoms with Crippen molar-refractivity contribution < 1.29 is 0 Å². The van der Waals surface area contributed by atoms with Crippen LogP contribution in [-0.2, 0) is 0 Å². The molecule has 1 N–H and O–H groups in total. The molecule has 1 unspecified atom stereocenters. The number of hydrogen-bond donors (Lipinski definition) is 1. The molecule has 1 nitrogen and oxygen atoms in total. The molecule has 0 bridgehead atoms. The first kappa shape index (κ1) is 8.18. The molecule has 0 aromatic heterocycles. The maximum absolute atomic E-state index is 3.26. The Balaban J connectivity index is 3.10. The summed E-state index contributed by atoms with van der Waals surface area (Å²) >= 11 is 0. The van der Waals surface area contributed by atoms with Crippen LogP contribution in [0.4, 0.5) is 0 Å². The summed E-state index contributed by atoms with van der Waals surface area (Å²) in [7, 11) is 2.20. The third-order valence-corrected chi connectivity index (χ3v) is 3.38. The molecule has 1 atom stereocenters. The second-order valence-corrected chi connectivity index (χ2v) is 6.15. The fourth-order valence-corrected chi connectivity index (χ4v) is 2.47. The number of rotatable bonds is 3. The molecular formula is C6H17NSi. The first-order valence-electron chi connectivity index (χ1n) is 3.34. The average molecular weight is 131 g/mol. The summed E-state index contributed by atoms with van der Waals surface area (Å²) < 4.78 is 0. The second-order valence-electron chi connectivity index (χ2n) is 2.82. The van der Waals surface area contributed by atoms with Gasteiger partial charge in [-0.1, -0.05) is 26.3 Å². The van der Waals surface area contributed by atoms with Gasteiger partial charge in [-0.2, -0.15) is 0 Å². The minimum Gasteiger partial charge on any atom is -0.320 e. The van der Waals surface area contributed by atoms with Gasteiger partial charge in [0.2, 0.25) is 0 Å². The summed E-state index contributed by atoms with van der Waals surface area (Å²) in [5.74, 6) is 0. The molecule has 0 radical (unpaired) electrons. The van der Waals surface area contributed by atoms with Crippen molar-refractivity contribution in [1.29, 1.82) is 0 Å². The Bertz CT molecular complexity index is 54.5. The Morgan fingerprint density at radius 1 is 1.25 bits per heavy atom. The molecular weight excluding hydrogens is 114 g/mol. The molecule has 0 fully saturated rings. The van der Waals surface area contributed by atoms with E-state index >= 15 is 0 Å². The van der Waals surface area contributed by atoms with Gasteiger partial charge in [-0.15, -0.1) is 0 Å². The van der Waals surface area contributed by atoms with E-state index in [1.165, 1.54) is 0 Å². The lowest BCUT2D eigenvalue weighted by atomic mass is 10.6. The summed E-state index contributed by atoms with van der Waals surface area (Å²) in [6.07, 6.45) is 0. The van der Waals surface area contributed by atoms with Gasteiger partial charge in [-0.25, -0.2) is 0 Å². The van der Waals surface area contributed by atoms with E-state index in [-0.39, 0.29) is 9.52 Å². The van der Waals surface area contributed by atoms with Crippen LogP contribution in [0.1, 0.15) is 20.8 Å². The van der Waals surface area contributed by atoms with E-state index in [4.69, 9.17) is 0 Å². The Morgan fingerprint density at radius 2 is 1.75 bits per heavy atom. The highest BCUT2D eigenvalue weighted by atomic mass is 28.2. The topological polar surface area (TPSA) is 12.0 Å². The van der Waals surface area contributed by atoms with Crippen molar-refractivity contribution >= 4 is 9.52 Å². The number of hydrogen-bond acceptors (Lipinski definition) is 1. The molecule has 2 heteroatoms. The summed E-state index contributed by atoms with van der Waals surface area (Å²) in [6, 6.07) is 0. The lowest BCUT2D eigenvalue weighted by Crippen LogP contribution is -2.29. The highest BCUT2D eigenvalue weighted by molar-refractivity contribution is 6.39. The molecule has 0 aliphatic rings. The smallest absolute Gasteiger partial charge is 0.0426 e. The Kier molecular flexibility index (Phi) is 4.19. The molecule has 0 heterocycles. The van der Waals surface area contributed by atoms with Crippen molar-refractivity contribution in [3.8, 4) is 0 Å². The van der Waals surface area contributed by atoms with Crippen LogP contribution in [0.3, 0.4) is 0 Å². The third-order valence-electron chi connectivity index (χ3n) is 1.32. The predicted molar refractivity (Wildman–Crippen MR) is 42.2 cm³/mol. The monoisotopic (exact) mass is 131 g/mol. The van der Waals surface area contributed by atoms with E-state index in [2.05, 4.69) is 26.1 Å². The predicted octanol–water partition coefficient (Wildman–Crippen LogP) is 0.549. The zero-order chi connectivity index (χ0) is 6.57. The first-order valence-corrected chi connectivity index (χ1v) is 4.97. The Hall–Kier alpha value is 0.177. The molecule has 0 aliphatic heterocycles. The van der Waals surface area contributed by atoms with Gasteiger partial charge in [-0.3, -0.25) is 0 Å². The van der Waals surface area contributed by atoms with Crippen LogP contribution in [0, 0.1) is 0 Å². The van der Waals surface area contributed by atoms with Crippen molar-refractivity contribution in [1.82, 2.24) is 5.32 Å². The highest BCUT2D eigenvalue weighted by Crippen LogP contribution is 1.98. The molecule has 0 saturated carbocycles.